The Balaban J connectivity index is 1.95. The van der Waals surface area contributed by atoms with Crippen LogP contribution in [-0.4, -0.2) is 48.9 Å². The van der Waals surface area contributed by atoms with Crippen LogP contribution in [0.15, 0.2) is 6.33 Å². The van der Waals surface area contributed by atoms with Crippen LogP contribution in [-0.2, 0) is 14.3 Å². The molecule has 0 aliphatic carbocycles. The number of nitrogen functional groups attached to an aromatic ring is 2. The third-order valence-electron chi connectivity index (χ3n) is 3.76. The molecule has 0 amide bonds. The zero-order valence-electron chi connectivity index (χ0n) is 12.7. The lowest BCUT2D eigenvalue weighted by Gasteiger charge is -2.23. The van der Waals surface area contributed by atoms with Gasteiger partial charge in [-0.3, -0.25) is 9.36 Å². The molecule has 0 saturated carbocycles. The number of carbonyl (C=O) groups excluding carboxylic acids is 1. The van der Waals surface area contributed by atoms with Crippen molar-refractivity contribution in [2.45, 2.75) is 31.3 Å². The van der Waals surface area contributed by atoms with Crippen LogP contribution in [0.4, 0.5) is 11.8 Å². The van der Waals surface area contributed by atoms with Gasteiger partial charge in [-0.1, -0.05) is 0 Å². The largest absolute Gasteiger partial charge is 0.462 e. The molecule has 0 radical (unpaired) electrons. The quantitative estimate of drug-likeness (QED) is 0.596. The molecule has 3 rings (SSSR count). The number of anilines is 2. The van der Waals surface area contributed by atoms with E-state index in [-0.39, 0.29) is 24.8 Å². The van der Waals surface area contributed by atoms with Gasteiger partial charge in [0.2, 0.25) is 11.5 Å². The smallest absolute Gasteiger partial charge is 0.302 e. The number of ether oxygens (including phenoxy) is 2. The topological polar surface area (TPSA) is 175 Å². The van der Waals surface area contributed by atoms with Gasteiger partial charge in [0.05, 0.1) is 6.33 Å². The second-order valence-corrected chi connectivity index (χ2v) is 5.40. The first-order valence-electron chi connectivity index (χ1n) is 7.02. The van der Waals surface area contributed by atoms with Gasteiger partial charge < -0.3 is 26.0 Å². The predicted octanol–water partition coefficient (Wildman–Crippen LogP) is -0.904. The van der Waals surface area contributed by atoms with Crippen molar-refractivity contribution in [3.63, 3.8) is 0 Å². The molecule has 5 N–H and O–H groups in total. The Morgan fingerprint density at radius 2 is 2.38 bits per heavy atom. The van der Waals surface area contributed by atoms with E-state index in [1.165, 1.54) is 17.8 Å². The van der Waals surface area contributed by atoms with Crippen LogP contribution in [0.25, 0.3) is 11.2 Å². The number of esters is 1. The number of aromatic nitrogens is 4. The van der Waals surface area contributed by atoms with E-state index in [0.717, 1.165) is 0 Å². The standard InChI is InChI=1S/C13H15N7O4/c1-6(21)23-4-13(3-14)7(22)2-8(24-13)20-5-17-9-10(15)18-12(16)19-11(9)20/h5,7-8,22H,2,4H2,1H3,(H4,15,16,18,19)/t7-,8+,13+/m0/s1. The van der Waals surface area contributed by atoms with Crippen LogP contribution < -0.4 is 11.5 Å². The van der Waals surface area contributed by atoms with E-state index in [4.69, 9.17) is 20.9 Å². The predicted molar refractivity (Wildman–Crippen MR) is 79.9 cm³/mol. The summed E-state index contributed by atoms with van der Waals surface area (Å²) in [6.07, 6.45) is -0.439. The summed E-state index contributed by atoms with van der Waals surface area (Å²) in [5, 5.41) is 19.6. The molecule has 1 fully saturated rings. The first kappa shape index (κ1) is 15.9. The number of hydrogen-bond donors (Lipinski definition) is 3. The van der Waals surface area contributed by atoms with Crippen molar-refractivity contribution in [2.24, 2.45) is 0 Å². The summed E-state index contributed by atoms with van der Waals surface area (Å²) in [5.41, 5.74) is 10.3. The van der Waals surface area contributed by atoms with Crippen molar-refractivity contribution < 1.29 is 19.4 Å². The molecule has 0 unspecified atom stereocenters. The van der Waals surface area contributed by atoms with E-state index in [1.54, 1.807) is 0 Å². The van der Waals surface area contributed by atoms with Crippen LogP contribution in [0.1, 0.15) is 19.6 Å². The van der Waals surface area contributed by atoms with Crippen LogP contribution in [0, 0.1) is 11.3 Å². The summed E-state index contributed by atoms with van der Waals surface area (Å²) in [6, 6.07) is 1.88. The summed E-state index contributed by atoms with van der Waals surface area (Å²) < 4.78 is 12.0. The summed E-state index contributed by atoms with van der Waals surface area (Å²) in [4.78, 5) is 23.0. The van der Waals surface area contributed by atoms with Gasteiger partial charge in [0.15, 0.2) is 11.5 Å². The second-order valence-electron chi connectivity index (χ2n) is 5.40. The lowest BCUT2D eigenvalue weighted by Crippen LogP contribution is -2.43. The summed E-state index contributed by atoms with van der Waals surface area (Å²) >= 11 is 0. The molecule has 3 heterocycles. The molecular formula is C13H15N7O4. The van der Waals surface area contributed by atoms with E-state index in [1.807, 2.05) is 6.07 Å². The molecule has 1 aliphatic rings. The Labute approximate surface area is 135 Å². The van der Waals surface area contributed by atoms with Gasteiger partial charge in [-0.15, -0.1) is 0 Å². The van der Waals surface area contributed by atoms with Crippen molar-refractivity contribution in [3.8, 4) is 6.07 Å². The molecular weight excluding hydrogens is 318 g/mol. The first-order valence-corrected chi connectivity index (χ1v) is 7.02. The average Bonchev–Trinajstić information content (AvgIpc) is 3.07. The fourth-order valence-corrected chi connectivity index (χ4v) is 2.56. The Kier molecular flexibility index (Phi) is 3.70. The van der Waals surface area contributed by atoms with Crippen molar-refractivity contribution >= 4 is 28.9 Å². The summed E-state index contributed by atoms with van der Waals surface area (Å²) in [6.45, 7) is 0.818. The van der Waals surface area contributed by atoms with E-state index < -0.39 is 23.9 Å². The average molecular weight is 333 g/mol. The molecule has 24 heavy (non-hydrogen) atoms. The minimum atomic E-state index is -1.67. The number of rotatable bonds is 3. The molecule has 0 aromatic carbocycles. The summed E-state index contributed by atoms with van der Waals surface area (Å²) in [7, 11) is 0. The number of nitrogens with two attached hydrogens (primary N) is 2. The highest BCUT2D eigenvalue weighted by Gasteiger charge is 2.50. The SMILES string of the molecule is CC(=O)OC[C@@]1(C#N)O[C@@H](n2cnc3c(N)nc(N)nc32)C[C@@H]1O. The van der Waals surface area contributed by atoms with Gasteiger partial charge in [0.1, 0.15) is 30.5 Å². The van der Waals surface area contributed by atoms with Crippen LogP contribution >= 0.6 is 0 Å². The monoisotopic (exact) mass is 333 g/mol. The number of aliphatic hydroxyl groups excluding tert-OH is 1. The minimum Gasteiger partial charge on any atom is -0.462 e. The molecule has 3 atom stereocenters. The number of hydrogen-bond acceptors (Lipinski definition) is 10. The van der Waals surface area contributed by atoms with Gasteiger partial charge in [0.25, 0.3) is 0 Å². The van der Waals surface area contributed by atoms with Crippen molar-refractivity contribution in [2.75, 3.05) is 18.1 Å². The molecule has 11 heteroatoms. The number of imidazole rings is 1. The third kappa shape index (κ3) is 2.47. The lowest BCUT2D eigenvalue weighted by atomic mass is 10.00. The second kappa shape index (κ2) is 5.59. The molecule has 2 aromatic heterocycles. The Morgan fingerprint density at radius 1 is 1.62 bits per heavy atom. The fraction of sp³-hybridized carbons (Fsp3) is 0.462. The van der Waals surface area contributed by atoms with Crippen molar-refractivity contribution in [1.29, 1.82) is 5.26 Å². The Morgan fingerprint density at radius 3 is 3.04 bits per heavy atom. The van der Waals surface area contributed by atoms with E-state index in [9.17, 15) is 15.2 Å². The zero-order valence-corrected chi connectivity index (χ0v) is 12.7. The highest BCUT2D eigenvalue weighted by molar-refractivity contribution is 5.82. The van der Waals surface area contributed by atoms with E-state index in [0.29, 0.717) is 11.2 Å². The lowest BCUT2D eigenvalue weighted by molar-refractivity contribution is -0.154. The fourth-order valence-electron chi connectivity index (χ4n) is 2.56. The molecule has 11 nitrogen and oxygen atoms in total. The number of aliphatic hydroxyl groups is 1. The molecule has 0 spiro atoms. The molecule has 126 valence electrons. The number of nitrogens with zero attached hydrogens (tertiary/aromatic N) is 5. The highest BCUT2D eigenvalue weighted by Crippen LogP contribution is 2.38. The Bertz CT molecular complexity index is 845. The van der Waals surface area contributed by atoms with Gasteiger partial charge in [-0.25, -0.2) is 4.98 Å². The van der Waals surface area contributed by atoms with E-state index >= 15 is 0 Å². The van der Waals surface area contributed by atoms with Crippen LogP contribution in [0.5, 0.6) is 0 Å². The highest BCUT2D eigenvalue weighted by atomic mass is 16.6. The van der Waals surface area contributed by atoms with Gasteiger partial charge in [-0.05, 0) is 0 Å². The first-order chi connectivity index (χ1) is 11.4. The molecule has 0 bridgehead atoms. The maximum Gasteiger partial charge on any atom is 0.302 e. The van der Waals surface area contributed by atoms with E-state index in [2.05, 4.69) is 15.0 Å². The zero-order chi connectivity index (χ0) is 17.5. The summed E-state index contributed by atoms with van der Waals surface area (Å²) in [5.74, 6) is -0.502. The number of carbonyl (C=O) groups is 1. The van der Waals surface area contributed by atoms with Crippen molar-refractivity contribution in [1.82, 2.24) is 19.5 Å². The van der Waals surface area contributed by atoms with Crippen LogP contribution in [0.3, 0.4) is 0 Å². The van der Waals surface area contributed by atoms with Crippen LogP contribution in [0.2, 0.25) is 0 Å². The molecule has 1 saturated heterocycles. The van der Waals surface area contributed by atoms with Crippen molar-refractivity contribution in [3.05, 3.63) is 6.33 Å². The normalized spacial score (nSPS) is 26.4. The number of fused-ring (bicyclic) bond motifs is 1. The minimum absolute atomic E-state index is 0.0354. The Hall–Kier alpha value is -2.97. The van der Waals surface area contributed by atoms with Gasteiger partial charge >= 0.3 is 5.97 Å². The molecule has 1 aliphatic heterocycles. The van der Waals surface area contributed by atoms with Gasteiger partial charge in [-0.2, -0.15) is 15.2 Å². The maximum atomic E-state index is 11.0. The molecule has 2 aromatic rings. The number of nitriles is 1. The van der Waals surface area contributed by atoms with Gasteiger partial charge in [0, 0.05) is 13.3 Å². The maximum absolute atomic E-state index is 11.0. The third-order valence-corrected chi connectivity index (χ3v) is 3.76.